The molecule has 36 heavy (non-hydrogen) atoms. The number of nitro benzene ring substituents is 1. The molecule has 0 unspecified atom stereocenters. The van der Waals surface area contributed by atoms with Gasteiger partial charge in [0, 0.05) is 17.0 Å². The number of amides is 3. The number of rotatable bonds is 6. The molecule has 4 aromatic rings. The first kappa shape index (κ1) is 22.9. The average Bonchev–Trinajstić information content (AvgIpc) is 3.38. The molecular formula is C25H16N4O6S. The van der Waals surface area contributed by atoms with Gasteiger partial charge in [0.25, 0.3) is 23.4 Å². The van der Waals surface area contributed by atoms with Crippen LogP contribution in [0.3, 0.4) is 0 Å². The number of carbonyl (C=O) groups excluding carboxylic acids is 3. The summed E-state index contributed by atoms with van der Waals surface area (Å²) in [6.45, 7) is 1.83. The second-order valence-electron chi connectivity index (χ2n) is 7.80. The van der Waals surface area contributed by atoms with E-state index in [2.05, 4.69) is 10.3 Å². The van der Waals surface area contributed by atoms with Crippen molar-refractivity contribution in [2.45, 2.75) is 6.92 Å². The summed E-state index contributed by atoms with van der Waals surface area (Å²) in [4.78, 5) is 54.2. The molecule has 1 N–H and O–H groups in total. The number of aromatic nitrogens is 1. The van der Waals surface area contributed by atoms with Crippen molar-refractivity contribution in [2.75, 3.05) is 10.2 Å². The molecule has 0 bridgehead atoms. The summed E-state index contributed by atoms with van der Waals surface area (Å²) < 4.78 is 5.68. The summed E-state index contributed by atoms with van der Waals surface area (Å²) in [6.07, 6.45) is 0. The predicted molar refractivity (Wildman–Crippen MR) is 132 cm³/mol. The Morgan fingerprint density at radius 2 is 1.72 bits per heavy atom. The molecule has 178 valence electrons. The van der Waals surface area contributed by atoms with E-state index >= 15 is 0 Å². The SMILES string of the molecule is Cc1csc(NC(=O)c2ccc(N3C(=O)c4ccc(Oc5cccc([N+](=O)[O-])c5)cc4C3=O)cc2)n1. The Morgan fingerprint density at radius 3 is 2.42 bits per heavy atom. The maximum atomic E-state index is 13.1. The molecule has 3 amide bonds. The predicted octanol–water partition coefficient (Wildman–Crippen LogP) is 5.20. The van der Waals surface area contributed by atoms with E-state index in [0.29, 0.717) is 16.4 Å². The molecule has 0 spiro atoms. The summed E-state index contributed by atoms with van der Waals surface area (Å²) in [5.74, 6) is -0.940. The summed E-state index contributed by atoms with van der Waals surface area (Å²) in [5.41, 5.74) is 1.66. The van der Waals surface area contributed by atoms with Gasteiger partial charge in [-0.25, -0.2) is 9.88 Å². The van der Waals surface area contributed by atoms with E-state index in [9.17, 15) is 24.5 Å². The minimum absolute atomic E-state index is 0.134. The quantitative estimate of drug-likeness (QED) is 0.218. The van der Waals surface area contributed by atoms with Gasteiger partial charge < -0.3 is 4.74 Å². The van der Waals surface area contributed by atoms with Gasteiger partial charge >= 0.3 is 0 Å². The Balaban J connectivity index is 1.34. The Morgan fingerprint density at radius 1 is 1.00 bits per heavy atom. The van der Waals surface area contributed by atoms with Crippen molar-refractivity contribution in [3.63, 3.8) is 0 Å². The van der Waals surface area contributed by atoms with E-state index in [-0.39, 0.29) is 34.2 Å². The van der Waals surface area contributed by atoms with Gasteiger partial charge in [0.2, 0.25) is 0 Å². The third-order valence-electron chi connectivity index (χ3n) is 5.35. The summed E-state index contributed by atoms with van der Waals surface area (Å²) in [5, 5.41) is 16.0. The number of nitrogens with one attached hydrogen (secondary N) is 1. The molecule has 0 radical (unpaired) electrons. The maximum Gasteiger partial charge on any atom is 0.273 e. The van der Waals surface area contributed by atoms with Gasteiger partial charge in [-0.05, 0) is 55.5 Å². The molecular weight excluding hydrogens is 484 g/mol. The third kappa shape index (κ3) is 4.30. The second kappa shape index (κ2) is 9.04. The van der Waals surface area contributed by atoms with Crippen LogP contribution in [0.25, 0.3) is 0 Å². The fraction of sp³-hybridized carbons (Fsp3) is 0.0400. The molecule has 3 aromatic carbocycles. The number of non-ortho nitro benzene ring substituents is 1. The molecule has 5 rings (SSSR count). The summed E-state index contributed by atoms with van der Waals surface area (Å²) in [7, 11) is 0. The van der Waals surface area contributed by atoms with Crippen LogP contribution in [0.2, 0.25) is 0 Å². The smallest absolute Gasteiger partial charge is 0.273 e. The normalized spacial score (nSPS) is 12.4. The lowest BCUT2D eigenvalue weighted by molar-refractivity contribution is -0.384. The van der Waals surface area contributed by atoms with Crippen LogP contribution in [-0.2, 0) is 0 Å². The highest BCUT2D eigenvalue weighted by molar-refractivity contribution is 7.13. The lowest BCUT2D eigenvalue weighted by atomic mass is 10.1. The number of nitrogens with zero attached hydrogens (tertiary/aromatic N) is 3. The average molecular weight is 500 g/mol. The minimum atomic E-state index is -0.546. The molecule has 0 fully saturated rings. The van der Waals surface area contributed by atoms with Gasteiger partial charge in [0.05, 0.1) is 33.5 Å². The highest BCUT2D eigenvalue weighted by atomic mass is 32.1. The first-order chi connectivity index (χ1) is 17.3. The number of ether oxygens (including phenoxy) is 1. The molecule has 10 nitrogen and oxygen atoms in total. The van der Waals surface area contributed by atoms with Crippen molar-refractivity contribution in [2.24, 2.45) is 0 Å². The van der Waals surface area contributed by atoms with Crippen LogP contribution in [0, 0.1) is 17.0 Å². The number of imide groups is 1. The second-order valence-corrected chi connectivity index (χ2v) is 8.66. The van der Waals surface area contributed by atoms with Crippen molar-refractivity contribution in [3.8, 4) is 11.5 Å². The van der Waals surface area contributed by atoms with Crippen molar-refractivity contribution in [3.05, 3.63) is 105 Å². The molecule has 0 atom stereocenters. The zero-order valence-electron chi connectivity index (χ0n) is 18.6. The Bertz CT molecular complexity index is 1550. The molecule has 1 aliphatic heterocycles. The number of hydrogen-bond donors (Lipinski definition) is 1. The van der Waals surface area contributed by atoms with Crippen LogP contribution in [0.15, 0.2) is 72.1 Å². The van der Waals surface area contributed by atoms with E-state index < -0.39 is 16.7 Å². The molecule has 0 saturated heterocycles. The zero-order chi connectivity index (χ0) is 25.4. The Kier molecular flexibility index (Phi) is 5.74. The largest absolute Gasteiger partial charge is 0.457 e. The van der Waals surface area contributed by atoms with Gasteiger partial charge in [-0.15, -0.1) is 11.3 Å². The highest BCUT2D eigenvalue weighted by Gasteiger charge is 2.37. The lowest BCUT2D eigenvalue weighted by Crippen LogP contribution is -2.29. The number of carbonyl (C=O) groups is 3. The third-order valence-corrected chi connectivity index (χ3v) is 6.22. The standard InChI is InChI=1S/C25H16N4O6S/c1-14-13-36-25(26-14)27-22(30)15-5-7-16(8-6-15)28-23(31)20-10-9-19(12-21(20)24(28)32)35-18-4-2-3-17(11-18)29(33)34/h2-13H,1H3,(H,26,27,30). The van der Waals surface area contributed by atoms with E-state index in [4.69, 9.17) is 4.74 Å². The van der Waals surface area contributed by atoms with Gasteiger partial charge in [0.1, 0.15) is 11.5 Å². The van der Waals surface area contributed by atoms with E-state index in [0.717, 1.165) is 10.6 Å². The van der Waals surface area contributed by atoms with Gasteiger partial charge in [-0.1, -0.05) is 6.07 Å². The number of anilines is 2. The number of hydrogen-bond acceptors (Lipinski definition) is 8. The van der Waals surface area contributed by atoms with Crippen molar-refractivity contribution in [1.29, 1.82) is 0 Å². The van der Waals surface area contributed by atoms with Crippen LogP contribution < -0.4 is 15.0 Å². The van der Waals surface area contributed by atoms with Crippen LogP contribution in [0.1, 0.15) is 36.8 Å². The highest BCUT2D eigenvalue weighted by Crippen LogP contribution is 2.33. The fourth-order valence-corrected chi connectivity index (χ4v) is 4.34. The van der Waals surface area contributed by atoms with Crippen LogP contribution in [-0.4, -0.2) is 27.6 Å². The number of benzene rings is 3. The topological polar surface area (TPSA) is 132 Å². The molecule has 1 aromatic heterocycles. The lowest BCUT2D eigenvalue weighted by Gasteiger charge is -2.14. The molecule has 0 aliphatic carbocycles. The monoisotopic (exact) mass is 500 g/mol. The molecule has 1 aliphatic rings. The van der Waals surface area contributed by atoms with Gasteiger partial charge in [0.15, 0.2) is 5.13 Å². The van der Waals surface area contributed by atoms with Crippen molar-refractivity contribution < 1.29 is 24.0 Å². The van der Waals surface area contributed by atoms with E-state index in [1.54, 1.807) is 6.07 Å². The van der Waals surface area contributed by atoms with Gasteiger partial charge in [-0.2, -0.15) is 0 Å². The van der Waals surface area contributed by atoms with E-state index in [1.165, 1.54) is 72.0 Å². The number of nitro groups is 1. The Labute approximate surface area is 207 Å². The van der Waals surface area contributed by atoms with Crippen LogP contribution in [0.4, 0.5) is 16.5 Å². The molecule has 0 saturated carbocycles. The molecule has 2 heterocycles. The summed E-state index contributed by atoms with van der Waals surface area (Å²) in [6, 6.07) is 16.1. The number of fused-ring (bicyclic) bond motifs is 1. The minimum Gasteiger partial charge on any atom is -0.457 e. The van der Waals surface area contributed by atoms with Gasteiger partial charge in [-0.3, -0.25) is 29.8 Å². The first-order valence-corrected chi connectivity index (χ1v) is 11.5. The van der Waals surface area contributed by atoms with Crippen LogP contribution in [0.5, 0.6) is 11.5 Å². The van der Waals surface area contributed by atoms with E-state index in [1.807, 2.05) is 12.3 Å². The first-order valence-electron chi connectivity index (χ1n) is 10.6. The van der Waals surface area contributed by atoms with Crippen molar-refractivity contribution >= 4 is 45.6 Å². The van der Waals surface area contributed by atoms with Crippen molar-refractivity contribution in [1.82, 2.24) is 4.98 Å². The molecule has 11 heteroatoms. The van der Waals surface area contributed by atoms with Crippen LogP contribution >= 0.6 is 11.3 Å². The fourth-order valence-electron chi connectivity index (χ4n) is 3.66. The number of thiazole rings is 1. The summed E-state index contributed by atoms with van der Waals surface area (Å²) >= 11 is 1.31. The number of aryl methyl sites for hydroxylation is 1. The zero-order valence-corrected chi connectivity index (χ0v) is 19.4. The Hall–Kier alpha value is -4.90. The maximum absolute atomic E-state index is 13.1.